The molecule has 1 aromatic heterocycles. The third-order valence-corrected chi connectivity index (χ3v) is 5.71. The number of nitrogens with zero attached hydrogens (tertiary/aromatic N) is 2. The number of hydrogen-bond acceptors (Lipinski definition) is 3. The third kappa shape index (κ3) is 5.03. The molecule has 1 N–H and O–H groups in total. The van der Waals surface area contributed by atoms with Gasteiger partial charge in [-0.3, -0.25) is 14.2 Å². The molecule has 0 saturated carbocycles. The lowest BCUT2D eigenvalue weighted by atomic mass is 9.98. The zero-order chi connectivity index (χ0) is 21.8. The van der Waals surface area contributed by atoms with Crippen LogP contribution in [0.5, 0.6) is 0 Å². The fourth-order valence-corrected chi connectivity index (χ4v) is 4.00. The van der Waals surface area contributed by atoms with Gasteiger partial charge in [-0.2, -0.15) is 0 Å². The second-order valence-electron chi connectivity index (χ2n) is 7.12. The van der Waals surface area contributed by atoms with Crippen LogP contribution in [-0.2, 0) is 11.3 Å². The molecule has 0 aliphatic carbocycles. The molecular weight excluding hydrogens is 478 g/mol. The van der Waals surface area contributed by atoms with Crippen LogP contribution >= 0.6 is 27.5 Å². The van der Waals surface area contributed by atoms with Crippen molar-refractivity contribution in [3.63, 3.8) is 0 Å². The predicted octanol–water partition coefficient (Wildman–Crippen LogP) is 5.11. The molecule has 1 unspecified atom stereocenters. The Morgan fingerprint density at radius 2 is 1.81 bits per heavy atom. The number of nitrogens with one attached hydrogen (secondary N) is 1. The van der Waals surface area contributed by atoms with Crippen LogP contribution in [0.25, 0.3) is 10.9 Å². The summed E-state index contributed by atoms with van der Waals surface area (Å²) in [5.41, 5.74) is 2.29. The Bertz CT molecular complexity index is 1290. The second kappa shape index (κ2) is 9.45. The van der Waals surface area contributed by atoms with Crippen molar-refractivity contribution < 1.29 is 4.79 Å². The molecule has 0 aliphatic rings. The van der Waals surface area contributed by atoms with Gasteiger partial charge in [0, 0.05) is 22.5 Å². The highest BCUT2D eigenvalue weighted by Crippen LogP contribution is 2.24. The second-order valence-corrected chi connectivity index (χ2v) is 8.47. The van der Waals surface area contributed by atoms with Crippen molar-refractivity contribution in [3.8, 4) is 0 Å². The number of benzene rings is 3. The van der Waals surface area contributed by atoms with E-state index in [0.717, 1.165) is 15.6 Å². The van der Waals surface area contributed by atoms with Gasteiger partial charge in [0.2, 0.25) is 5.91 Å². The first-order valence-electron chi connectivity index (χ1n) is 9.76. The summed E-state index contributed by atoms with van der Waals surface area (Å²) in [5.74, 6) is -0.171. The van der Waals surface area contributed by atoms with Crippen molar-refractivity contribution in [2.45, 2.75) is 19.0 Å². The summed E-state index contributed by atoms with van der Waals surface area (Å²) >= 11 is 9.55. The first-order valence-corrected chi connectivity index (χ1v) is 10.9. The Hall–Kier alpha value is -2.96. The maximum Gasteiger partial charge on any atom is 0.261 e. The molecule has 7 heteroatoms. The molecule has 3 aromatic carbocycles. The van der Waals surface area contributed by atoms with Gasteiger partial charge in [0.1, 0.15) is 0 Å². The maximum absolute atomic E-state index is 12.8. The van der Waals surface area contributed by atoms with Gasteiger partial charge in [0.05, 0.1) is 23.3 Å². The highest BCUT2D eigenvalue weighted by atomic mass is 79.9. The number of amides is 1. The highest BCUT2D eigenvalue weighted by molar-refractivity contribution is 9.10. The number of fused-ring (bicyclic) bond motifs is 1. The van der Waals surface area contributed by atoms with E-state index in [9.17, 15) is 9.59 Å². The molecule has 4 aromatic rings. The van der Waals surface area contributed by atoms with E-state index in [1.807, 2.05) is 54.6 Å². The van der Waals surface area contributed by atoms with Gasteiger partial charge in [-0.25, -0.2) is 4.98 Å². The third-order valence-electron chi connectivity index (χ3n) is 4.99. The highest BCUT2D eigenvalue weighted by Gasteiger charge is 2.17. The molecule has 4 rings (SSSR count). The van der Waals surface area contributed by atoms with Gasteiger partial charge in [-0.05, 0) is 41.5 Å². The summed E-state index contributed by atoms with van der Waals surface area (Å²) in [4.78, 5) is 29.9. The van der Waals surface area contributed by atoms with Gasteiger partial charge in [-0.15, -0.1) is 0 Å². The molecule has 5 nitrogen and oxygen atoms in total. The van der Waals surface area contributed by atoms with Crippen molar-refractivity contribution in [2.24, 2.45) is 0 Å². The Kier molecular flexibility index (Phi) is 6.49. The summed E-state index contributed by atoms with van der Waals surface area (Å²) in [6.07, 6.45) is 1.63. The monoisotopic (exact) mass is 495 g/mol. The summed E-state index contributed by atoms with van der Waals surface area (Å²) in [7, 11) is 0. The molecule has 1 atom stereocenters. The maximum atomic E-state index is 12.8. The van der Waals surface area contributed by atoms with Crippen LogP contribution < -0.4 is 10.9 Å². The minimum Gasteiger partial charge on any atom is -0.345 e. The lowest BCUT2D eigenvalue weighted by Gasteiger charge is -2.20. The zero-order valence-corrected chi connectivity index (χ0v) is 18.8. The molecule has 0 bridgehead atoms. The normalized spacial score (nSPS) is 11.9. The van der Waals surface area contributed by atoms with E-state index < -0.39 is 0 Å². The van der Waals surface area contributed by atoms with Crippen LogP contribution in [0.2, 0.25) is 5.02 Å². The van der Waals surface area contributed by atoms with Gasteiger partial charge in [0.25, 0.3) is 5.56 Å². The van der Waals surface area contributed by atoms with Crippen LogP contribution in [0.3, 0.4) is 0 Å². The summed E-state index contributed by atoms with van der Waals surface area (Å²) in [5, 5.41) is 4.19. The van der Waals surface area contributed by atoms with Crippen LogP contribution in [0.4, 0.5) is 0 Å². The van der Waals surface area contributed by atoms with Gasteiger partial charge in [0.15, 0.2) is 0 Å². The van der Waals surface area contributed by atoms with E-state index in [1.54, 1.807) is 18.2 Å². The SMILES string of the molecule is O=C(CCn1cnc2ccc(Br)cc2c1=O)NC(c1ccccc1)c1cccc(Cl)c1. The van der Waals surface area contributed by atoms with Crippen molar-refractivity contribution in [3.05, 3.63) is 110 Å². The Morgan fingerprint density at radius 3 is 2.58 bits per heavy atom. The quantitative estimate of drug-likeness (QED) is 0.403. The standard InChI is InChI=1S/C24H19BrClN3O2/c25-18-9-10-21-20(14-18)24(31)29(15-27-21)12-11-22(30)28-23(16-5-2-1-3-6-16)17-7-4-8-19(26)13-17/h1-10,13-15,23H,11-12H2,(H,28,30). The Balaban J connectivity index is 1.53. The molecule has 0 fully saturated rings. The number of carbonyl (C=O) groups is 1. The lowest BCUT2D eigenvalue weighted by Crippen LogP contribution is -2.31. The fourth-order valence-electron chi connectivity index (χ4n) is 3.44. The summed E-state index contributed by atoms with van der Waals surface area (Å²) < 4.78 is 2.27. The zero-order valence-electron chi connectivity index (χ0n) is 16.5. The molecule has 31 heavy (non-hydrogen) atoms. The van der Waals surface area contributed by atoms with Crippen molar-refractivity contribution in [1.29, 1.82) is 0 Å². The predicted molar refractivity (Wildman–Crippen MR) is 126 cm³/mol. The first kappa shape index (κ1) is 21.3. The Labute approximate surface area is 192 Å². The van der Waals surface area contributed by atoms with E-state index in [1.165, 1.54) is 10.9 Å². The molecule has 1 amide bonds. The van der Waals surface area contributed by atoms with Crippen LogP contribution in [0.1, 0.15) is 23.6 Å². The molecule has 0 radical (unpaired) electrons. The van der Waals surface area contributed by atoms with E-state index in [4.69, 9.17) is 11.6 Å². The summed E-state index contributed by atoms with van der Waals surface area (Å²) in [6, 6.07) is 22.2. The van der Waals surface area contributed by atoms with E-state index in [2.05, 4.69) is 26.2 Å². The molecule has 0 aliphatic heterocycles. The minimum absolute atomic E-state index is 0.144. The molecule has 156 valence electrons. The van der Waals surface area contributed by atoms with Crippen molar-refractivity contribution in [1.82, 2.24) is 14.9 Å². The Morgan fingerprint density at radius 1 is 1.03 bits per heavy atom. The minimum atomic E-state index is -0.338. The van der Waals surface area contributed by atoms with Crippen molar-refractivity contribution >= 4 is 44.3 Å². The molecular formula is C24H19BrClN3O2. The largest absolute Gasteiger partial charge is 0.345 e. The fraction of sp³-hybridized carbons (Fsp3) is 0.125. The number of carbonyl (C=O) groups excluding carboxylic acids is 1. The average molecular weight is 497 g/mol. The topological polar surface area (TPSA) is 64.0 Å². The molecule has 0 spiro atoms. The average Bonchev–Trinajstić information content (AvgIpc) is 2.78. The number of rotatable bonds is 6. The molecule has 0 saturated heterocycles. The van der Waals surface area contributed by atoms with Crippen LogP contribution in [-0.4, -0.2) is 15.5 Å². The summed E-state index contributed by atoms with van der Waals surface area (Å²) in [6.45, 7) is 0.233. The smallest absolute Gasteiger partial charge is 0.261 e. The van der Waals surface area contributed by atoms with E-state index in [0.29, 0.717) is 15.9 Å². The van der Waals surface area contributed by atoms with Gasteiger partial charge >= 0.3 is 0 Å². The van der Waals surface area contributed by atoms with E-state index in [-0.39, 0.29) is 30.5 Å². The number of hydrogen-bond donors (Lipinski definition) is 1. The van der Waals surface area contributed by atoms with Crippen LogP contribution in [0.15, 0.2) is 88.4 Å². The van der Waals surface area contributed by atoms with E-state index >= 15 is 0 Å². The molecule has 1 heterocycles. The van der Waals surface area contributed by atoms with Gasteiger partial charge in [-0.1, -0.05) is 70.0 Å². The number of halogens is 2. The number of aryl methyl sites for hydroxylation is 1. The van der Waals surface area contributed by atoms with Crippen molar-refractivity contribution in [2.75, 3.05) is 0 Å². The first-order chi connectivity index (χ1) is 15.0. The lowest BCUT2D eigenvalue weighted by molar-refractivity contribution is -0.121. The van der Waals surface area contributed by atoms with Crippen LogP contribution in [0, 0.1) is 0 Å². The van der Waals surface area contributed by atoms with Gasteiger partial charge < -0.3 is 5.32 Å². The number of aromatic nitrogens is 2.